The number of aryl methyl sites for hydroxylation is 1. The molecule has 0 fully saturated rings. The number of ether oxygens (including phenoxy) is 1. The van der Waals surface area contributed by atoms with Gasteiger partial charge in [0.2, 0.25) is 0 Å². The van der Waals surface area contributed by atoms with Crippen LogP contribution in [0.1, 0.15) is 64.0 Å². The van der Waals surface area contributed by atoms with Gasteiger partial charge in [-0.2, -0.15) is 0 Å². The Morgan fingerprint density at radius 1 is 1.12 bits per heavy atom. The van der Waals surface area contributed by atoms with Crippen molar-refractivity contribution in [3.63, 3.8) is 0 Å². The second-order valence-electron chi connectivity index (χ2n) is 6.61. The quantitative estimate of drug-likeness (QED) is 0.453. The summed E-state index contributed by atoms with van der Waals surface area (Å²) in [6.45, 7) is 12.9. The van der Waals surface area contributed by atoms with E-state index < -0.39 is 11.9 Å². The van der Waals surface area contributed by atoms with Crippen LogP contribution in [0.2, 0.25) is 0 Å². The van der Waals surface area contributed by atoms with Gasteiger partial charge in [0.15, 0.2) is 0 Å². The van der Waals surface area contributed by atoms with E-state index in [4.69, 9.17) is 24.5 Å². The smallest absolute Gasteiger partial charge is 0.414 e. The number of carboxylic acid groups (broad SMARTS) is 2. The summed E-state index contributed by atoms with van der Waals surface area (Å²) in [6.07, 6.45) is 3.47. The largest absolute Gasteiger partial charge is 0.493 e. The first-order chi connectivity index (χ1) is 12.2. The van der Waals surface area contributed by atoms with Crippen LogP contribution in [0.15, 0.2) is 18.2 Å². The molecule has 0 aliphatic carbocycles. The van der Waals surface area contributed by atoms with E-state index in [1.807, 2.05) is 0 Å². The van der Waals surface area contributed by atoms with Crippen molar-refractivity contribution >= 4 is 11.9 Å². The summed E-state index contributed by atoms with van der Waals surface area (Å²) in [5, 5.41) is 18.3. The number of hydrogen-bond donors (Lipinski definition) is 3. The van der Waals surface area contributed by atoms with Crippen LogP contribution in [0.4, 0.5) is 0 Å². The van der Waals surface area contributed by atoms with Gasteiger partial charge in [0, 0.05) is 6.04 Å². The molecule has 148 valence electrons. The van der Waals surface area contributed by atoms with E-state index in [2.05, 4.69) is 58.1 Å². The molecule has 0 aliphatic heterocycles. The highest BCUT2D eigenvalue weighted by Crippen LogP contribution is 2.24. The molecule has 6 nitrogen and oxygen atoms in total. The third-order valence-electron chi connectivity index (χ3n) is 4.00. The van der Waals surface area contributed by atoms with E-state index in [0.717, 1.165) is 25.3 Å². The van der Waals surface area contributed by atoms with Crippen molar-refractivity contribution < 1.29 is 24.5 Å². The summed E-state index contributed by atoms with van der Waals surface area (Å²) in [5.41, 5.74) is 2.58. The molecule has 0 bridgehead atoms. The molecule has 0 aromatic heterocycles. The number of unbranched alkanes of at least 4 members (excludes halogenated alkanes) is 1. The third kappa shape index (κ3) is 10.7. The minimum atomic E-state index is -1.82. The van der Waals surface area contributed by atoms with Crippen molar-refractivity contribution in [3.8, 4) is 5.75 Å². The van der Waals surface area contributed by atoms with E-state index in [9.17, 15) is 0 Å². The average molecular weight is 367 g/mol. The Labute approximate surface area is 156 Å². The molecule has 1 aromatic rings. The summed E-state index contributed by atoms with van der Waals surface area (Å²) < 4.78 is 5.93. The van der Waals surface area contributed by atoms with Crippen LogP contribution in [0.25, 0.3) is 0 Å². The average Bonchev–Trinajstić information content (AvgIpc) is 2.59. The summed E-state index contributed by atoms with van der Waals surface area (Å²) in [6, 6.07) is 7.18. The zero-order chi connectivity index (χ0) is 20.1. The maximum absolute atomic E-state index is 9.10. The van der Waals surface area contributed by atoms with Crippen molar-refractivity contribution in [2.45, 2.75) is 65.8 Å². The number of carbonyl (C=O) groups is 2. The van der Waals surface area contributed by atoms with Gasteiger partial charge in [-0.25, -0.2) is 9.59 Å². The molecular formula is C20H33NO5. The summed E-state index contributed by atoms with van der Waals surface area (Å²) in [5.74, 6) is -2.05. The maximum atomic E-state index is 9.10. The second kappa shape index (κ2) is 13.2. The molecule has 1 aromatic carbocycles. The zero-order valence-corrected chi connectivity index (χ0v) is 16.5. The summed E-state index contributed by atoms with van der Waals surface area (Å²) in [4.78, 5) is 18.2. The van der Waals surface area contributed by atoms with E-state index in [1.165, 1.54) is 24.0 Å². The van der Waals surface area contributed by atoms with Crippen molar-refractivity contribution in [2.75, 3.05) is 13.2 Å². The Morgan fingerprint density at radius 2 is 1.73 bits per heavy atom. The molecule has 0 saturated carbocycles. The minimum absolute atomic E-state index is 0.553. The lowest BCUT2D eigenvalue weighted by Gasteiger charge is -2.13. The lowest BCUT2D eigenvalue weighted by Crippen LogP contribution is -2.26. The van der Waals surface area contributed by atoms with Crippen molar-refractivity contribution in [3.05, 3.63) is 29.3 Å². The highest BCUT2D eigenvalue weighted by Gasteiger charge is 2.05. The Kier molecular flexibility index (Phi) is 12.1. The number of hydrogen-bond acceptors (Lipinski definition) is 4. The predicted molar refractivity (Wildman–Crippen MR) is 103 cm³/mol. The van der Waals surface area contributed by atoms with Crippen LogP contribution >= 0.6 is 0 Å². The van der Waals surface area contributed by atoms with Crippen LogP contribution in [-0.4, -0.2) is 41.3 Å². The van der Waals surface area contributed by atoms with E-state index in [0.29, 0.717) is 12.0 Å². The van der Waals surface area contributed by atoms with Gasteiger partial charge < -0.3 is 20.3 Å². The normalized spacial score (nSPS) is 11.5. The van der Waals surface area contributed by atoms with Crippen molar-refractivity contribution in [1.29, 1.82) is 0 Å². The highest BCUT2D eigenvalue weighted by atomic mass is 16.5. The molecule has 0 amide bonds. The van der Waals surface area contributed by atoms with Gasteiger partial charge in [-0.15, -0.1) is 0 Å². The van der Waals surface area contributed by atoms with Crippen LogP contribution < -0.4 is 10.1 Å². The fourth-order valence-corrected chi connectivity index (χ4v) is 2.03. The molecule has 0 aliphatic rings. The topological polar surface area (TPSA) is 95.9 Å². The third-order valence-corrected chi connectivity index (χ3v) is 4.00. The first-order valence-corrected chi connectivity index (χ1v) is 9.11. The van der Waals surface area contributed by atoms with Crippen LogP contribution in [0.3, 0.4) is 0 Å². The van der Waals surface area contributed by atoms with Gasteiger partial charge >= 0.3 is 11.9 Å². The Balaban J connectivity index is 0.000000896. The van der Waals surface area contributed by atoms with Crippen LogP contribution in [0.5, 0.6) is 5.75 Å². The SMILES string of the molecule is CCC(C)NCCCCOc1cc(C(C)C)ccc1C.O=C(O)C(=O)O. The first kappa shape index (κ1) is 23.9. The molecule has 1 rings (SSSR count). The number of aliphatic carboxylic acids is 2. The van der Waals surface area contributed by atoms with E-state index in [1.54, 1.807) is 0 Å². The summed E-state index contributed by atoms with van der Waals surface area (Å²) in [7, 11) is 0. The lowest BCUT2D eigenvalue weighted by molar-refractivity contribution is -0.159. The van der Waals surface area contributed by atoms with Gasteiger partial charge in [-0.1, -0.05) is 32.9 Å². The van der Waals surface area contributed by atoms with Gasteiger partial charge in [0.05, 0.1) is 6.61 Å². The maximum Gasteiger partial charge on any atom is 0.414 e. The molecule has 26 heavy (non-hydrogen) atoms. The van der Waals surface area contributed by atoms with Crippen molar-refractivity contribution in [1.82, 2.24) is 5.32 Å². The monoisotopic (exact) mass is 367 g/mol. The Morgan fingerprint density at radius 3 is 2.23 bits per heavy atom. The van der Waals surface area contributed by atoms with Gasteiger partial charge in [0.1, 0.15) is 5.75 Å². The fourth-order valence-electron chi connectivity index (χ4n) is 2.03. The molecule has 1 atom stereocenters. The number of carboxylic acids is 2. The van der Waals surface area contributed by atoms with Crippen molar-refractivity contribution in [2.24, 2.45) is 0 Å². The van der Waals surface area contributed by atoms with E-state index in [-0.39, 0.29) is 0 Å². The highest BCUT2D eigenvalue weighted by molar-refractivity contribution is 6.27. The molecular weight excluding hydrogens is 334 g/mol. The van der Waals surface area contributed by atoms with Gasteiger partial charge in [-0.05, 0) is 62.8 Å². The first-order valence-electron chi connectivity index (χ1n) is 9.11. The molecule has 6 heteroatoms. The standard InChI is InChI=1S/C18H31NO.C2H2O4/c1-6-16(5)19-11-7-8-12-20-18-13-17(14(2)3)10-9-15(18)4;3-1(4)2(5)6/h9-10,13-14,16,19H,6-8,11-12H2,1-5H3;(H,3,4)(H,5,6). The second-order valence-corrected chi connectivity index (χ2v) is 6.61. The van der Waals surface area contributed by atoms with Gasteiger partial charge in [0.25, 0.3) is 0 Å². The summed E-state index contributed by atoms with van der Waals surface area (Å²) >= 11 is 0. The minimum Gasteiger partial charge on any atom is -0.493 e. The molecule has 3 N–H and O–H groups in total. The number of rotatable bonds is 9. The molecule has 0 heterocycles. The molecule has 0 radical (unpaired) electrons. The van der Waals surface area contributed by atoms with Crippen LogP contribution in [-0.2, 0) is 9.59 Å². The number of nitrogens with one attached hydrogen (secondary N) is 1. The lowest BCUT2D eigenvalue weighted by atomic mass is 10.0. The van der Waals surface area contributed by atoms with Crippen LogP contribution in [0, 0.1) is 6.92 Å². The zero-order valence-electron chi connectivity index (χ0n) is 16.5. The molecule has 0 saturated heterocycles. The fraction of sp³-hybridized carbons (Fsp3) is 0.600. The molecule has 0 spiro atoms. The predicted octanol–water partition coefficient (Wildman–Crippen LogP) is 3.82. The Hall–Kier alpha value is -2.08. The number of benzene rings is 1. The molecule has 1 unspecified atom stereocenters. The van der Waals surface area contributed by atoms with E-state index >= 15 is 0 Å². The Bertz CT molecular complexity index is 545. The van der Waals surface area contributed by atoms with Gasteiger partial charge in [-0.3, -0.25) is 0 Å².